The Hall–Kier alpha value is -3.79. The Bertz CT molecular complexity index is 1380. The van der Waals surface area contributed by atoms with Gasteiger partial charge in [0.1, 0.15) is 23.4 Å². The highest BCUT2D eigenvalue weighted by atomic mass is 35.5. The molecule has 2 aromatic carbocycles. The molecule has 2 amide bonds. The Morgan fingerprint density at radius 2 is 1.81 bits per heavy atom. The lowest BCUT2D eigenvalue weighted by Crippen LogP contribution is -2.45. The van der Waals surface area contributed by atoms with Crippen LogP contribution in [0.2, 0.25) is 5.02 Å². The van der Waals surface area contributed by atoms with Crippen molar-refractivity contribution in [2.24, 2.45) is 0 Å². The Kier molecular flexibility index (Phi) is 6.21. The predicted molar refractivity (Wildman–Crippen MR) is 127 cm³/mol. The van der Waals surface area contributed by atoms with E-state index < -0.39 is 46.5 Å². The number of hydrogen-bond acceptors (Lipinski definition) is 5. The summed E-state index contributed by atoms with van der Waals surface area (Å²) < 4.78 is 36.6. The number of hydrogen-bond donors (Lipinski definition) is 1. The van der Waals surface area contributed by atoms with Crippen LogP contribution in [0.4, 0.5) is 14.6 Å². The second-order valence-electron chi connectivity index (χ2n) is 8.71. The third kappa shape index (κ3) is 4.32. The van der Waals surface area contributed by atoms with Crippen molar-refractivity contribution >= 4 is 29.2 Å². The Balaban J connectivity index is 1.55. The fourth-order valence-corrected chi connectivity index (χ4v) is 4.57. The van der Waals surface area contributed by atoms with E-state index >= 15 is 8.78 Å². The van der Waals surface area contributed by atoms with Gasteiger partial charge in [-0.05, 0) is 37.1 Å². The van der Waals surface area contributed by atoms with Crippen LogP contribution in [0.1, 0.15) is 40.7 Å². The molecule has 2 fully saturated rings. The molecule has 186 valence electrons. The van der Waals surface area contributed by atoms with E-state index in [-0.39, 0.29) is 29.7 Å². The van der Waals surface area contributed by atoms with Crippen molar-refractivity contribution in [3.8, 4) is 5.75 Å². The minimum atomic E-state index is -1.36. The zero-order valence-electron chi connectivity index (χ0n) is 19.1. The van der Waals surface area contributed by atoms with Gasteiger partial charge in [-0.25, -0.2) is 13.8 Å². The summed E-state index contributed by atoms with van der Waals surface area (Å²) in [6.07, 6.45) is 4.62. The van der Waals surface area contributed by atoms with E-state index in [1.807, 2.05) is 0 Å². The molecule has 36 heavy (non-hydrogen) atoms. The molecule has 8 nitrogen and oxygen atoms in total. The molecule has 11 heteroatoms. The van der Waals surface area contributed by atoms with Gasteiger partial charge in [0.05, 0.1) is 7.11 Å². The van der Waals surface area contributed by atoms with E-state index in [0.717, 1.165) is 29.9 Å². The molecule has 2 atom stereocenters. The van der Waals surface area contributed by atoms with E-state index in [2.05, 4.69) is 10.3 Å². The number of nitrogens with one attached hydrogen (secondary N) is 1. The van der Waals surface area contributed by atoms with Crippen LogP contribution in [0.5, 0.6) is 5.75 Å². The molecule has 2 aliphatic rings. The molecule has 1 N–H and O–H groups in total. The molecule has 0 spiro atoms. The fraction of sp³-hybridized carbons (Fsp3) is 0.280. The molecule has 1 saturated carbocycles. The molecule has 3 aromatic rings. The predicted octanol–water partition coefficient (Wildman–Crippen LogP) is 3.45. The number of aromatic nitrogens is 2. The first kappa shape index (κ1) is 23.9. The van der Waals surface area contributed by atoms with E-state index in [1.165, 1.54) is 42.1 Å². The largest absolute Gasteiger partial charge is 0.497 e. The average molecular weight is 515 g/mol. The molecule has 0 radical (unpaired) electrons. The smallest absolute Gasteiger partial charge is 0.294 e. The Labute approximate surface area is 209 Å². The number of carbonyl (C=O) groups excluding carboxylic acids is 2. The van der Waals surface area contributed by atoms with Crippen LogP contribution in [0, 0.1) is 11.6 Å². The second-order valence-corrected chi connectivity index (χ2v) is 9.15. The lowest BCUT2D eigenvalue weighted by atomic mass is 9.92. The first-order valence-electron chi connectivity index (χ1n) is 11.3. The van der Waals surface area contributed by atoms with Crippen LogP contribution in [-0.4, -0.2) is 41.1 Å². The van der Waals surface area contributed by atoms with Crippen molar-refractivity contribution in [1.82, 2.24) is 14.9 Å². The Morgan fingerprint density at radius 1 is 1.14 bits per heavy atom. The van der Waals surface area contributed by atoms with Gasteiger partial charge >= 0.3 is 0 Å². The van der Waals surface area contributed by atoms with E-state index in [0.29, 0.717) is 5.02 Å². The number of methoxy groups -OCH3 is 1. The van der Waals surface area contributed by atoms with Gasteiger partial charge in [-0.2, -0.15) is 0 Å². The summed E-state index contributed by atoms with van der Waals surface area (Å²) in [4.78, 5) is 44.7. The summed E-state index contributed by atoms with van der Waals surface area (Å²) in [5.74, 6) is -4.54. The number of benzene rings is 2. The van der Waals surface area contributed by atoms with Gasteiger partial charge in [0.25, 0.3) is 17.4 Å². The molecule has 1 saturated heterocycles. The number of amides is 2. The molecular weight excluding hydrogens is 494 g/mol. The number of nitrogens with zero attached hydrogens (tertiary/aromatic N) is 3. The quantitative estimate of drug-likeness (QED) is 0.544. The maximum absolute atomic E-state index is 15.1. The highest BCUT2D eigenvalue weighted by Gasteiger charge is 2.46. The fourth-order valence-electron chi connectivity index (χ4n) is 4.44. The van der Waals surface area contributed by atoms with Crippen LogP contribution in [0.3, 0.4) is 0 Å². The standard InChI is InChI=1S/C25H21ClF2N4O4/c1-36-16-10-18(27)20(19(28)11-16)17-12-32(22-25(35)31(9-8-29-22)15-6-7-15)24(34)21(17)30-23(33)13-2-4-14(26)5-3-13/h2-5,8-11,15,17,21H,6-7,12H2,1H3,(H,30,33)/t17-,21-/m0/s1. The molecule has 5 rings (SSSR count). The minimum absolute atomic E-state index is 0.0321. The van der Waals surface area contributed by atoms with Gasteiger partial charge in [0, 0.05) is 59.2 Å². The van der Waals surface area contributed by atoms with Crippen LogP contribution >= 0.6 is 11.6 Å². The van der Waals surface area contributed by atoms with Crippen molar-refractivity contribution in [2.75, 3.05) is 18.6 Å². The van der Waals surface area contributed by atoms with Gasteiger partial charge in [0.2, 0.25) is 5.82 Å². The summed E-state index contributed by atoms with van der Waals surface area (Å²) in [6.45, 7) is -0.262. The topological polar surface area (TPSA) is 93.5 Å². The molecule has 1 aliphatic heterocycles. The molecule has 1 aromatic heterocycles. The number of halogens is 3. The molecule has 0 bridgehead atoms. The maximum atomic E-state index is 15.1. The summed E-state index contributed by atoms with van der Waals surface area (Å²) in [5, 5.41) is 3.00. The van der Waals surface area contributed by atoms with Crippen LogP contribution < -0.4 is 20.5 Å². The van der Waals surface area contributed by atoms with Crippen molar-refractivity contribution in [1.29, 1.82) is 0 Å². The summed E-state index contributed by atoms with van der Waals surface area (Å²) in [5.41, 5.74) is -0.673. The first-order chi connectivity index (χ1) is 17.3. The van der Waals surface area contributed by atoms with Gasteiger partial charge in [0.15, 0.2) is 0 Å². The van der Waals surface area contributed by atoms with Crippen molar-refractivity contribution < 1.29 is 23.1 Å². The highest BCUT2D eigenvalue weighted by molar-refractivity contribution is 6.30. The molecule has 0 unspecified atom stereocenters. The Morgan fingerprint density at radius 3 is 2.42 bits per heavy atom. The average Bonchev–Trinajstić information content (AvgIpc) is 3.65. The van der Waals surface area contributed by atoms with E-state index in [1.54, 1.807) is 6.20 Å². The first-order valence-corrected chi connectivity index (χ1v) is 11.6. The zero-order valence-corrected chi connectivity index (χ0v) is 19.8. The van der Waals surface area contributed by atoms with Crippen molar-refractivity contribution in [2.45, 2.75) is 30.8 Å². The lowest BCUT2D eigenvalue weighted by molar-refractivity contribution is -0.118. The number of rotatable bonds is 6. The third-order valence-corrected chi connectivity index (χ3v) is 6.66. The highest BCUT2D eigenvalue weighted by Crippen LogP contribution is 2.37. The summed E-state index contributed by atoms with van der Waals surface area (Å²) in [7, 11) is 1.27. The van der Waals surface area contributed by atoms with E-state index in [4.69, 9.17) is 16.3 Å². The SMILES string of the molecule is COc1cc(F)c([C@@H]2CN(c3nccn(C4CC4)c3=O)C(=O)[C@H]2NC(=O)c2ccc(Cl)cc2)c(F)c1. The lowest BCUT2D eigenvalue weighted by Gasteiger charge is -2.20. The molecular formula is C25H21ClF2N4O4. The van der Waals surface area contributed by atoms with Crippen LogP contribution in [0.15, 0.2) is 53.6 Å². The number of ether oxygens (including phenoxy) is 1. The summed E-state index contributed by atoms with van der Waals surface area (Å²) in [6, 6.07) is 6.62. The van der Waals surface area contributed by atoms with Crippen LogP contribution in [0.25, 0.3) is 0 Å². The zero-order chi connectivity index (χ0) is 25.6. The minimum Gasteiger partial charge on any atom is -0.497 e. The molecule has 1 aliphatic carbocycles. The van der Waals surface area contributed by atoms with Crippen LogP contribution in [-0.2, 0) is 4.79 Å². The maximum Gasteiger partial charge on any atom is 0.294 e. The van der Waals surface area contributed by atoms with Gasteiger partial charge in [-0.1, -0.05) is 11.6 Å². The van der Waals surface area contributed by atoms with Gasteiger partial charge in [-0.3, -0.25) is 19.3 Å². The van der Waals surface area contributed by atoms with Gasteiger partial charge in [-0.15, -0.1) is 0 Å². The summed E-state index contributed by atoms with van der Waals surface area (Å²) >= 11 is 5.89. The molecule has 2 heterocycles. The number of anilines is 1. The normalized spacial score (nSPS) is 19.4. The van der Waals surface area contributed by atoms with Gasteiger partial charge < -0.3 is 14.6 Å². The second kappa shape index (κ2) is 9.34. The monoisotopic (exact) mass is 514 g/mol. The van der Waals surface area contributed by atoms with Crippen molar-refractivity contribution in [3.05, 3.63) is 86.9 Å². The third-order valence-electron chi connectivity index (χ3n) is 6.41. The van der Waals surface area contributed by atoms with Crippen molar-refractivity contribution in [3.63, 3.8) is 0 Å². The van der Waals surface area contributed by atoms with E-state index in [9.17, 15) is 14.4 Å². The number of carbonyl (C=O) groups is 2.